The molecule has 3 aromatic rings. The van der Waals surface area contributed by atoms with Gasteiger partial charge in [0.15, 0.2) is 5.69 Å². The number of hydrogen-bond donors (Lipinski definition) is 1. The summed E-state index contributed by atoms with van der Waals surface area (Å²) in [4.78, 5) is 30.7. The van der Waals surface area contributed by atoms with Crippen molar-refractivity contribution in [3.8, 4) is 0 Å². The van der Waals surface area contributed by atoms with Crippen molar-refractivity contribution >= 4 is 34.1 Å². The Labute approximate surface area is 149 Å². The highest BCUT2D eigenvalue weighted by Crippen LogP contribution is 2.20. The number of aromatic nitrogens is 2. The Kier molecular flexibility index (Phi) is 4.01. The molecule has 1 fully saturated rings. The van der Waals surface area contributed by atoms with Crippen LogP contribution in [0.25, 0.3) is 10.9 Å². The number of thiophene rings is 1. The van der Waals surface area contributed by atoms with E-state index in [2.05, 4.69) is 10.2 Å². The first kappa shape index (κ1) is 15.8. The fraction of sp³-hybridized carbons (Fsp3) is 0.278. The van der Waals surface area contributed by atoms with Gasteiger partial charge in [-0.2, -0.15) is 5.10 Å². The molecule has 0 atom stereocenters. The van der Waals surface area contributed by atoms with Gasteiger partial charge >= 0.3 is 0 Å². The van der Waals surface area contributed by atoms with Gasteiger partial charge in [-0.3, -0.25) is 14.7 Å². The van der Waals surface area contributed by atoms with E-state index in [1.165, 1.54) is 11.3 Å². The zero-order chi connectivity index (χ0) is 17.4. The van der Waals surface area contributed by atoms with E-state index in [-0.39, 0.29) is 11.8 Å². The number of carbonyl (C=O) groups excluding carboxylic acids is 2. The fourth-order valence-electron chi connectivity index (χ4n) is 3.09. The maximum atomic E-state index is 12.8. The van der Waals surface area contributed by atoms with E-state index < -0.39 is 0 Å². The lowest BCUT2D eigenvalue weighted by Crippen LogP contribution is -2.50. The SMILES string of the molecule is Cc1ccc(C(=O)N2CCN(C(=O)c3n[nH]c4ccccc34)CC2)s1. The Balaban J connectivity index is 1.45. The molecule has 1 aliphatic heterocycles. The first-order chi connectivity index (χ1) is 12.1. The largest absolute Gasteiger partial charge is 0.334 e. The molecule has 1 aromatic carbocycles. The van der Waals surface area contributed by atoms with Gasteiger partial charge in [-0.25, -0.2) is 0 Å². The maximum Gasteiger partial charge on any atom is 0.275 e. The molecule has 1 saturated heterocycles. The van der Waals surface area contributed by atoms with E-state index >= 15 is 0 Å². The van der Waals surface area contributed by atoms with Crippen LogP contribution >= 0.6 is 11.3 Å². The average molecular weight is 354 g/mol. The first-order valence-electron chi connectivity index (χ1n) is 8.21. The lowest BCUT2D eigenvalue weighted by atomic mass is 10.2. The van der Waals surface area contributed by atoms with Gasteiger partial charge < -0.3 is 9.80 Å². The van der Waals surface area contributed by atoms with E-state index in [1.54, 1.807) is 4.90 Å². The minimum Gasteiger partial charge on any atom is -0.334 e. The Hall–Kier alpha value is -2.67. The number of H-pyrrole nitrogens is 1. The summed E-state index contributed by atoms with van der Waals surface area (Å²) in [5, 5.41) is 7.91. The standard InChI is InChI=1S/C18H18N4O2S/c1-12-6-7-15(25-12)17(23)21-8-10-22(11-9-21)18(24)16-13-4-2-3-5-14(13)19-20-16/h2-7H,8-11H2,1H3,(H,19,20). The summed E-state index contributed by atoms with van der Waals surface area (Å²) in [6.07, 6.45) is 0. The summed E-state index contributed by atoms with van der Waals surface area (Å²) in [6, 6.07) is 11.4. The number of para-hydroxylation sites is 1. The monoisotopic (exact) mass is 354 g/mol. The van der Waals surface area contributed by atoms with Gasteiger partial charge in [-0.1, -0.05) is 18.2 Å². The normalized spacial score (nSPS) is 14.9. The second-order valence-corrected chi connectivity index (χ2v) is 7.40. The summed E-state index contributed by atoms with van der Waals surface area (Å²) >= 11 is 1.51. The van der Waals surface area contributed by atoms with Crippen LogP contribution in [-0.2, 0) is 0 Å². The molecule has 0 saturated carbocycles. The second-order valence-electron chi connectivity index (χ2n) is 6.11. The lowest BCUT2D eigenvalue weighted by Gasteiger charge is -2.34. The molecule has 1 aliphatic rings. The quantitative estimate of drug-likeness (QED) is 0.769. The number of hydrogen-bond acceptors (Lipinski definition) is 4. The van der Waals surface area contributed by atoms with Crippen LogP contribution in [0.15, 0.2) is 36.4 Å². The number of aryl methyl sites for hydroxylation is 1. The molecule has 25 heavy (non-hydrogen) atoms. The molecule has 0 radical (unpaired) electrons. The Morgan fingerprint density at radius 1 is 1.00 bits per heavy atom. The molecule has 0 bridgehead atoms. The Morgan fingerprint density at radius 3 is 2.36 bits per heavy atom. The van der Waals surface area contributed by atoms with E-state index in [1.807, 2.05) is 48.2 Å². The van der Waals surface area contributed by atoms with Crippen LogP contribution in [0.4, 0.5) is 0 Å². The van der Waals surface area contributed by atoms with Crippen molar-refractivity contribution in [2.45, 2.75) is 6.92 Å². The predicted octanol–water partition coefficient (Wildman–Crippen LogP) is 2.53. The molecule has 1 N–H and O–H groups in total. The minimum absolute atomic E-state index is 0.0513. The van der Waals surface area contributed by atoms with Crippen molar-refractivity contribution in [2.24, 2.45) is 0 Å². The third kappa shape index (κ3) is 2.91. The van der Waals surface area contributed by atoms with Gasteiger partial charge in [0.1, 0.15) is 0 Å². The number of benzene rings is 1. The number of aromatic amines is 1. The summed E-state index contributed by atoms with van der Waals surface area (Å²) < 4.78 is 0. The Morgan fingerprint density at radius 2 is 1.68 bits per heavy atom. The van der Waals surface area contributed by atoms with E-state index in [0.717, 1.165) is 20.7 Å². The molecule has 6 nitrogen and oxygen atoms in total. The first-order valence-corrected chi connectivity index (χ1v) is 9.03. The van der Waals surface area contributed by atoms with Gasteiger partial charge in [0, 0.05) is 36.4 Å². The van der Waals surface area contributed by atoms with Crippen LogP contribution in [0.5, 0.6) is 0 Å². The number of fused-ring (bicyclic) bond motifs is 1. The zero-order valence-corrected chi connectivity index (χ0v) is 14.7. The molecule has 2 amide bonds. The molecular formula is C18H18N4O2S. The molecular weight excluding hydrogens is 336 g/mol. The minimum atomic E-state index is -0.0866. The number of nitrogens with one attached hydrogen (secondary N) is 1. The number of nitrogens with zero attached hydrogens (tertiary/aromatic N) is 3. The smallest absolute Gasteiger partial charge is 0.275 e. The van der Waals surface area contributed by atoms with Crippen LogP contribution in [0.1, 0.15) is 25.0 Å². The van der Waals surface area contributed by atoms with Crippen LogP contribution in [0, 0.1) is 6.92 Å². The van der Waals surface area contributed by atoms with E-state index in [9.17, 15) is 9.59 Å². The van der Waals surface area contributed by atoms with Gasteiger partial charge in [-0.05, 0) is 25.1 Å². The zero-order valence-electron chi connectivity index (χ0n) is 13.9. The van der Waals surface area contributed by atoms with Crippen molar-refractivity contribution in [3.63, 3.8) is 0 Å². The number of rotatable bonds is 2. The predicted molar refractivity (Wildman–Crippen MR) is 97.0 cm³/mol. The topological polar surface area (TPSA) is 69.3 Å². The van der Waals surface area contributed by atoms with Gasteiger partial charge in [-0.15, -0.1) is 11.3 Å². The molecule has 0 unspecified atom stereocenters. The summed E-state index contributed by atoms with van der Waals surface area (Å²) in [5.41, 5.74) is 1.30. The van der Waals surface area contributed by atoms with Gasteiger partial charge in [0.2, 0.25) is 0 Å². The molecule has 4 rings (SSSR count). The summed E-state index contributed by atoms with van der Waals surface area (Å²) in [5.74, 6) is -0.0352. The maximum absolute atomic E-state index is 12.8. The number of amides is 2. The number of piperazine rings is 1. The number of carbonyl (C=O) groups is 2. The third-order valence-electron chi connectivity index (χ3n) is 4.48. The van der Waals surface area contributed by atoms with Crippen molar-refractivity contribution in [1.82, 2.24) is 20.0 Å². The highest BCUT2D eigenvalue weighted by atomic mass is 32.1. The summed E-state index contributed by atoms with van der Waals surface area (Å²) in [6.45, 7) is 4.13. The second kappa shape index (κ2) is 6.33. The average Bonchev–Trinajstić information content (AvgIpc) is 3.27. The van der Waals surface area contributed by atoms with Crippen molar-refractivity contribution in [1.29, 1.82) is 0 Å². The summed E-state index contributed by atoms with van der Waals surface area (Å²) in [7, 11) is 0. The Bertz CT molecular complexity index is 937. The van der Waals surface area contributed by atoms with Gasteiger partial charge in [0.05, 0.1) is 10.4 Å². The van der Waals surface area contributed by atoms with E-state index in [0.29, 0.717) is 31.9 Å². The van der Waals surface area contributed by atoms with Crippen molar-refractivity contribution in [2.75, 3.05) is 26.2 Å². The fourth-order valence-corrected chi connectivity index (χ4v) is 3.93. The molecule has 7 heteroatoms. The van der Waals surface area contributed by atoms with Crippen molar-refractivity contribution in [3.05, 3.63) is 51.8 Å². The van der Waals surface area contributed by atoms with Crippen LogP contribution in [0.3, 0.4) is 0 Å². The molecule has 0 spiro atoms. The van der Waals surface area contributed by atoms with Crippen LogP contribution < -0.4 is 0 Å². The van der Waals surface area contributed by atoms with Crippen molar-refractivity contribution < 1.29 is 9.59 Å². The highest BCUT2D eigenvalue weighted by Gasteiger charge is 2.27. The van der Waals surface area contributed by atoms with Gasteiger partial charge in [0.25, 0.3) is 11.8 Å². The molecule has 3 heterocycles. The highest BCUT2D eigenvalue weighted by molar-refractivity contribution is 7.13. The molecule has 128 valence electrons. The van der Waals surface area contributed by atoms with E-state index in [4.69, 9.17) is 0 Å². The molecule has 2 aromatic heterocycles. The van der Waals surface area contributed by atoms with Crippen LogP contribution in [-0.4, -0.2) is 58.0 Å². The molecule has 0 aliphatic carbocycles. The lowest BCUT2D eigenvalue weighted by molar-refractivity contribution is 0.0536. The third-order valence-corrected chi connectivity index (χ3v) is 5.47. The van der Waals surface area contributed by atoms with Crippen LogP contribution in [0.2, 0.25) is 0 Å².